The first-order valence-corrected chi connectivity index (χ1v) is 4.11. The van der Waals surface area contributed by atoms with E-state index < -0.39 is 12.5 Å². The first kappa shape index (κ1) is 12.1. The second-order valence-corrected chi connectivity index (χ2v) is 3.23. The summed E-state index contributed by atoms with van der Waals surface area (Å²) < 4.78 is 24.5. The summed E-state index contributed by atoms with van der Waals surface area (Å²) in [4.78, 5) is 11.2. The summed E-state index contributed by atoms with van der Waals surface area (Å²) in [6.45, 7) is 3.86. The number of allylic oxidation sites excluding steroid dienone is 1. The molecule has 0 aliphatic heterocycles. The Morgan fingerprint density at radius 1 is 1.31 bits per heavy atom. The standard InChI is InChI=1S/C9H15F2NO/c1-6(2)7(3)5-12(8(4)13)9(10)11/h5-6,9H,1-4H3/b7-5+. The van der Waals surface area contributed by atoms with Crippen molar-refractivity contribution in [2.75, 3.05) is 0 Å². The van der Waals surface area contributed by atoms with Crippen LogP contribution < -0.4 is 0 Å². The fourth-order valence-corrected chi connectivity index (χ4v) is 0.653. The second-order valence-electron chi connectivity index (χ2n) is 3.23. The Bertz CT molecular complexity index is 212. The Kier molecular flexibility index (Phi) is 4.59. The van der Waals surface area contributed by atoms with Gasteiger partial charge in [-0.1, -0.05) is 19.4 Å². The molecule has 76 valence electrons. The molecule has 13 heavy (non-hydrogen) atoms. The molecule has 0 saturated heterocycles. The van der Waals surface area contributed by atoms with Crippen LogP contribution >= 0.6 is 0 Å². The number of nitrogens with zero attached hydrogens (tertiary/aromatic N) is 1. The maximum atomic E-state index is 12.2. The van der Waals surface area contributed by atoms with Crippen LogP contribution in [0.4, 0.5) is 8.78 Å². The SMILES string of the molecule is CC(=O)N(/C=C(\C)C(C)C)C(F)F. The molecule has 0 fully saturated rings. The number of alkyl halides is 2. The molecule has 0 heterocycles. The van der Waals surface area contributed by atoms with Crippen molar-refractivity contribution in [2.45, 2.75) is 34.2 Å². The van der Waals surface area contributed by atoms with Gasteiger partial charge in [0.1, 0.15) is 0 Å². The largest absolute Gasteiger partial charge is 0.321 e. The molecule has 0 rings (SSSR count). The highest BCUT2D eigenvalue weighted by molar-refractivity contribution is 5.74. The van der Waals surface area contributed by atoms with Crippen LogP contribution in [0.3, 0.4) is 0 Å². The fourth-order valence-electron chi connectivity index (χ4n) is 0.653. The predicted octanol–water partition coefficient (Wildman–Crippen LogP) is 2.62. The Morgan fingerprint density at radius 2 is 1.77 bits per heavy atom. The number of halogens is 2. The summed E-state index contributed by atoms with van der Waals surface area (Å²) in [6.07, 6.45) is 1.21. The van der Waals surface area contributed by atoms with Gasteiger partial charge in [-0.2, -0.15) is 8.78 Å². The number of amides is 1. The number of carbonyl (C=O) groups is 1. The molecule has 0 aromatic heterocycles. The van der Waals surface area contributed by atoms with Crippen molar-refractivity contribution in [1.82, 2.24) is 4.90 Å². The highest BCUT2D eigenvalue weighted by Gasteiger charge is 2.17. The molecule has 0 saturated carbocycles. The molecule has 0 N–H and O–H groups in total. The molecule has 0 spiro atoms. The summed E-state index contributed by atoms with van der Waals surface area (Å²) in [7, 11) is 0. The molecule has 0 aromatic carbocycles. The molecule has 0 radical (unpaired) electrons. The van der Waals surface area contributed by atoms with Crippen molar-refractivity contribution in [3.8, 4) is 0 Å². The van der Waals surface area contributed by atoms with Crippen molar-refractivity contribution in [3.63, 3.8) is 0 Å². The van der Waals surface area contributed by atoms with E-state index in [4.69, 9.17) is 0 Å². The molecule has 2 nitrogen and oxygen atoms in total. The molecule has 4 heteroatoms. The highest BCUT2D eigenvalue weighted by Crippen LogP contribution is 2.12. The first-order valence-electron chi connectivity index (χ1n) is 4.11. The predicted molar refractivity (Wildman–Crippen MR) is 47.1 cm³/mol. The lowest BCUT2D eigenvalue weighted by Crippen LogP contribution is -2.28. The third-order valence-electron chi connectivity index (χ3n) is 1.83. The van der Waals surface area contributed by atoms with E-state index >= 15 is 0 Å². The maximum absolute atomic E-state index is 12.2. The summed E-state index contributed by atoms with van der Waals surface area (Å²) in [5.74, 6) is -0.476. The van der Waals surface area contributed by atoms with Crippen molar-refractivity contribution in [2.24, 2.45) is 5.92 Å². The molecular formula is C9H15F2NO. The molecule has 0 aliphatic carbocycles. The number of carbonyl (C=O) groups excluding carboxylic acids is 1. The van der Waals surface area contributed by atoms with E-state index in [1.165, 1.54) is 6.20 Å². The van der Waals surface area contributed by atoms with Gasteiger partial charge >= 0.3 is 6.55 Å². The zero-order valence-electron chi connectivity index (χ0n) is 8.34. The van der Waals surface area contributed by atoms with Gasteiger partial charge in [-0.05, 0) is 12.8 Å². The minimum absolute atomic E-state index is 0.167. The van der Waals surface area contributed by atoms with Crippen molar-refractivity contribution in [1.29, 1.82) is 0 Å². The summed E-state index contributed by atoms with van der Waals surface area (Å²) in [5, 5.41) is 0. The van der Waals surface area contributed by atoms with E-state index in [0.717, 1.165) is 12.5 Å². The third-order valence-corrected chi connectivity index (χ3v) is 1.83. The van der Waals surface area contributed by atoms with Gasteiger partial charge in [0.15, 0.2) is 0 Å². The first-order chi connectivity index (χ1) is 5.86. The number of rotatable bonds is 3. The molecule has 0 unspecified atom stereocenters. The van der Waals surface area contributed by atoms with E-state index in [1.54, 1.807) is 6.92 Å². The van der Waals surface area contributed by atoms with Crippen LogP contribution in [-0.4, -0.2) is 17.4 Å². The van der Waals surface area contributed by atoms with Gasteiger partial charge in [-0.15, -0.1) is 0 Å². The second kappa shape index (κ2) is 4.94. The van der Waals surface area contributed by atoms with Gasteiger partial charge in [0.05, 0.1) is 0 Å². The average molecular weight is 191 g/mol. The zero-order chi connectivity index (χ0) is 10.6. The third kappa shape index (κ3) is 4.01. The van der Waals surface area contributed by atoms with E-state index in [9.17, 15) is 13.6 Å². The van der Waals surface area contributed by atoms with Gasteiger partial charge in [0, 0.05) is 13.1 Å². The van der Waals surface area contributed by atoms with E-state index in [1.807, 2.05) is 13.8 Å². The van der Waals surface area contributed by atoms with Crippen LogP contribution in [0, 0.1) is 5.92 Å². The van der Waals surface area contributed by atoms with Gasteiger partial charge < -0.3 is 0 Å². The van der Waals surface area contributed by atoms with E-state index in [-0.39, 0.29) is 5.92 Å². The number of hydrogen-bond acceptors (Lipinski definition) is 1. The molecular weight excluding hydrogens is 176 g/mol. The van der Waals surface area contributed by atoms with Crippen molar-refractivity contribution >= 4 is 5.91 Å². The average Bonchev–Trinajstić information content (AvgIpc) is 1.97. The van der Waals surface area contributed by atoms with Crippen LogP contribution in [-0.2, 0) is 4.79 Å². The van der Waals surface area contributed by atoms with E-state index in [2.05, 4.69) is 0 Å². The Labute approximate surface area is 77.2 Å². The maximum Gasteiger partial charge on any atom is 0.321 e. The summed E-state index contributed by atoms with van der Waals surface area (Å²) in [5.41, 5.74) is 0.760. The minimum Gasteiger partial charge on any atom is -0.275 e. The van der Waals surface area contributed by atoms with Crippen LogP contribution in [0.25, 0.3) is 0 Å². The monoisotopic (exact) mass is 191 g/mol. The lowest BCUT2D eigenvalue weighted by atomic mass is 10.1. The minimum atomic E-state index is -2.76. The molecule has 0 aromatic rings. The lowest BCUT2D eigenvalue weighted by Gasteiger charge is -2.17. The molecule has 0 bridgehead atoms. The fraction of sp³-hybridized carbons (Fsp3) is 0.667. The number of hydrogen-bond donors (Lipinski definition) is 0. The Hall–Kier alpha value is -0.930. The molecule has 0 aliphatic rings. The smallest absolute Gasteiger partial charge is 0.275 e. The van der Waals surface area contributed by atoms with E-state index in [0.29, 0.717) is 4.90 Å². The summed E-state index contributed by atoms with van der Waals surface area (Å²) in [6, 6.07) is 0. The van der Waals surface area contributed by atoms with Crippen LogP contribution in [0.2, 0.25) is 0 Å². The zero-order valence-corrected chi connectivity index (χ0v) is 8.34. The Balaban J connectivity index is 4.60. The quantitative estimate of drug-likeness (QED) is 0.628. The highest BCUT2D eigenvalue weighted by atomic mass is 19.3. The van der Waals surface area contributed by atoms with Crippen LogP contribution in [0.5, 0.6) is 0 Å². The Morgan fingerprint density at radius 3 is 2.00 bits per heavy atom. The van der Waals surface area contributed by atoms with Crippen molar-refractivity contribution in [3.05, 3.63) is 11.8 Å². The molecule has 1 amide bonds. The summed E-state index contributed by atoms with van der Waals surface area (Å²) >= 11 is 0. The van der Waals surface area contributed by atoms with Gasteiger partial charge in [0.25, 0.3) is 0 Å². The van der Waals surface area contributed by atoms with Crippen LogP contribution in [0.15, 0.2) is 11.8 Å². The van der Waals surface area contributed by atoms with Gasteiger partial charge in [-0.25, -0.2) is 0 Å². The van der Waals surface area contributed by atoms with Crippen molar-refractivity contribution < 1.29 is 13.6 Å². The molecule has 0 atom stereocenters. The van der Waals surface area contributed by atoms with Gasteiger partial charge in [-0.3, -0.25) is 9.69 Å². The van der Waals surface area contributed by atoms with Crippen LogP contribution in [0.1, 0.15) is 27.7 Å². The normalized spacial score (nSPS) is 12.5. The lowest BCUT2D eigenvalue weighted by molar-refractivity contribution is -0.136. The van der Waals surface area contributed by atoms with Gasteiger partial charge in [0.2, 0.25) is 5.91 Å². The topological polar surface area (TPSA) is 20.3 Å².